The maximum absolute atomic E-state index is 12.3. The Hall–Kier alpha value is -2.96. The molecule has 0 aliphatic carbocycles. The lowest BCUT2D eigenvalue weighted by Crippen LogP contribution is -2.46. The van der Waals surface area contributed by atoms with E-state index >= 15 is 0 Å². The van der Waals surface area contributed by atoms with E-state index in [1.54, 1.807) is 17.0 Å². The van der Waals surface area contributed by atoms with Gasteiger partial charge in [-0.2, -0.15) is 0 Å². The van der Waals surface area contributed by atoms with Crippen LogP contribution in [-0.2, 0) is 11.3 Å². The van der Waals surface area contributed by atoms with Crippen LogP contribution >= 0.6 is 0 Å². The van der Waals surface area contributed by atoms with Gasteiger partial charge in [-0.1, -0.05) is 12.1 Å². The largest absolute Gasteiger partial charge is 0.490 e. The minimum absolute atomic E-state index is 0.0850. The van der Waals surface area contributed by atoms with E-state index in [-0.39, 0.29) is 19.0 Å². The van der Waals surface area contributed by atoms with Gasteiger partial charge in [0, 0.05) is 0 Å². The molecule has 2 N–H and O–H groups in total. The molecule has 0 saturated heterocycles. The summed E-state index contributed by atoms with van der Waals surface area (Å²) in [6.45, 7) is 1.09. The number of nitrogens with zero attached hydrogens (tertiary/aromatic N) is 1. The summed E-state index contributed by atoms with van der Waals surface area (Å²) in [5.74, 6) is 1.14. The highest BCUT2D eigenvalue weighted by molar-refractivity contribution is 5.98. The Morgan fingerprint density at radius 2 is 2.00 bits per heavy atom. The van der Waals surface area contributed by atoms with E-state index in [0.29, 0.717) is 24.7 Å². The molecule has 1 aliphatic rings. The number of ether oxygens (including phenoxy) is 1. The molecular formula is C16H17N3O4. The molecule has 2 aromatic rings. The number of rotatable bonds is 4. The number of nitrogens with one attached hydrogen (secondary N) is 2. The number of anilines is 1. The summed E-state index contributed by atoms with van der Waals surface area (Å²) in [6, 6.07) is 10.4. The van der Waals surface area contributed by atoms with Crippen molar-refractivity contribution in [3.8, 4) is 5.75 Å². The van der Waals surface area contributed by atoms with E-state index in [4.69, 9.17) is 9.15 Å². The van der Waals surface area contributed by atoms with Crippen molar-refractivity contribution in [3.05, 3.63) is 48.4 Å². The Morgan fingerprint density at radius 3 is 2.83 bits per heavy atom. The van der Waals surface area contributed by atoms with Gasteiger partial charge in [0.15, 0.2) is 0 Å². The van der Waals surface area contributed by atoms with Crippen LogP contribution in [0.25, 0.3) is 0 Å². The lowest BCUT2D eigenvalue weighted by atomic mass is 10.2. The highest BCUT2D eigenvalue weighted by Crippen LogP contribution is 2.30. The Morgan fingerprint density at radius 1 is 1.13 bits per heavy atom. The van der Waals surface area contributed by atoms with Crippen LogP contribution < -0.4 is 20.3 Å². The van der Waals surface area contributed by atoms with Crippen molar-refractivity contribution in [2.75, 3.05) is 24.6 Å². The maximum atomic E-state index is 12.3. The Kier molecular flexibility index (Phi) is 4.46. The number of hydrogen-bond acceptors (Lipinski definition) is 4. The van der Waals surface area contributed by atoms with Gasteiger partial charge in [-0.15, -0.1) is 0 Å². The molecule has 7 heteroatoms. The molecule has 0 spiro atoms. The number of hydrogen-bond donors (Lipinski definition) is 2. The molecule has 3 rings (SSSR count). The van der Waals surface area contributed by atoms with Gasteiger partial charge in [-0.3, -0.25) is 4.79 Å². The van der Waals surface area contributed by atoms with Crippen molar-refractivity contribution in [1.82, 2.24) is 10.6 Å². The van der Waals surface area contributed by atoms with E-state index < -0.39 is 6.03 Å². The number of furan rings is 1. The highest BCUT2D eigenvalue weighted by atomic mass is 16.5. The van der Waals surface area contributed by atoms with Crippen LogP contribution in [0.3, 0.4) is 0 Å². The van der Waals surface area contributed by atoms with Crippen LogP contribution in [0.5, 0.6) is 5.75 Å². The quantitative estimate of drug-likeness (QED) is 0.895. The van der Waals surface area contributed by atoms with Crippen molar-refractivity contribution in [1.29, 1.82) is 0 Å². The molecule has 7 nitrogen and oxygen atoms in total. The second kappa shape index (κ2) is 6.87. The second-order valence-electron chi connectivity index (χ2n) is 4.98. The van der Waals surface area contributed by atoms with Crippen LogP contribution in [0.2, 0.25) is 0 Å². The molecule has 23 heavy (non-hydrogen) atoms. The maximum Gasteiger partial charge on any atom is 0.315 e. The molecule has 0 saturated carbocycles. The molecule has 0 fully saturated rings. The summed E-state index contributed by atoms with van der Waals surface area (Å²) in [7, 11) is 0. The Labute approximate surface area is 133 Å². The second-order valence-corrected chi connectivity index (χ2v) is 4.98. The van der Waals surface area contributed by atoms with Crippen LogP contribution in [0, 0.1) is 0 Å². The first-order valence-electron chi connectivity index (χ1n) is 7.30. The Bertz CT molecular complexity index is 684. The number of carbonyl (C=O) groups excluding carboxylic acids is 2. The third kappa shape index (κ3) is 3.63. The monoisotopic (exact) mass is 315 g/mol. The van der Waals surface area contributed by atoms with Crippen molar-refractivity contribution in [2.45, 2.75) is 6.54 Å². The van der Waals surface area contributed by atoms with E-state index in [1.807, 2.05) is 24.3 Å². The average Bonchev–Trinajstić information content (AvgIpc) is 3.11. The van der Waals surface area contributed by atoms with Crippen LogP contribution in [-0.4, -0.2) is 31.6 Å². The molecule has 0 unspecified atom stereocenters. The average molecular weight is 315 g/mol. The first-order chi connectivity index (χ1) is 11.2. The number of benzene rings is 1. The first-order valence-corrected chi connectivity index (χ1v) is 7.30. The van der Waals surface area contributed by atoms with Crippen molar-refractivity contribution >= 4 is 17.6 Å². The first kappa shape index (κ1) is 15.0. The van der Waals surface area contributed by atoms with Gasteiger partial charge in [-0.25, -0.2) is 4.79 Å². The zero-order valence-electron chi connectivity index (χ0n) is 12.5. The number of para-hydroxylation sites is 2. The third-order valence-corrected chi connectivity index (χ3v) is 3.43. The zero-order valence-corrected chi connectivity index (χ0v) is 12.5. The Balaban J connectivity index is 1.51. The van der Waals surface area contributed by atoms with Gasteiger partial charge in [-0.05, 0) is 24.3 Å². The van der Waals surface area contributed by atoms with Gasteiger partial charge in [0.1, 0.15) is 18.1 Å². The van der Waals surface area contributed by atoms with Crippen LogP contribution in [0.15, 0.2) is 47.1 Å². The third-order valence-electron chi connectivity index (χ3n) is 3.43. The van der Waals surface area contributed by atoms with E-state index in [0.717, 1.165) is 5.69 Å². The molecule has 120 valence electrons. The summed E-state index contributed by atoms with van der Waals surface area (Å²) in [5.41, 5.74) is 0.724. The fraction of sp³-hybridized carbons (Fsp3) is 0.250. The minimum Gasteiger partial charge on any atom is -0.490 e. The van der Waals surface area contributed by atoms with E-state index in [2.05, 4.69) is 10.6 Å². The summed E-state index contributed by atoms with van der Waals surface area (Å²) in [5, 5.41) is 5.17. The minimum atomic E-state index is -0.420. The highest BCUT2D eigenvalue weighted by Gasteiger charge is 2.23. The zero-order chi connectivity index (χ0) is 16.1. The number of urea groups is 1. The van der Waals surface area contributed by atoms with Gasteiger partial charge in [0.25, 0.3) is 0 Å². The number of fused-ring (bicyclic) bond motifs is 1. The predicted molar refractivity (Wildman–Crippen MR) is 83.2 cm³/mol. The fourth-order valence-corrected chi connectivity index (χ4v) is 2.32. The summed E-state index contributed by atoms with van der Waals surface area (Å²) in [6.07, 6.45) is 1.54. The fourth-order valence-electron chi connectivity index (χ4n) is 2.32. The number of amides is 3. The van der Waals surface area contributed by atoms with Gasteiger partial charge >= 0.3 is 6.03 Å². The molecule has 1 aromatic carbocycles. The molecule has 0 atom stereocenters. The van der Waals surface area contributed by atoms with Crippen molar-refractivity contribution < 1.29 is 18.7 Å². The van der Waals surface area contributed by atoms with Gasteiger partial charge in [0.2, 0.25) is 5.91 Å². The molecule has 3 amide bonds. The normalized spacial score (nSPS) is 13.0. The molecule has 0 bridgehead atoms. The van der Waals surface area contributed by atoms with Crippen LogP contribution in [0.4, 0.5) is 10.5 Å². The van der Waals surface area contributed by atoms with Crippen LogP contribution in [0.1, 0.15) is 5.76 Å². The summed E-state index contributed by atoms with van der Waals surface area (Å²) in [4.78, 5) is 25.6. The van der Waals surface area contributed by atoms with Gasteiger partial charge in [0.05, 0.1) is 31.6 Å². The lowest BCUT2D eigenvalue weighted by molar-refractivity contribution is -0.117. The number of carbonyl (C=O) groups is 2. The van der Waals surface area contributed by atoms with Gasteiger partial charge < -0.3 is 24.7 Å². The smallest absolute Gasteiger partial charge is 0.315 e. The molecule has 0 radical (unpaired) electrons. The standard InChI is InChI=1S/C16H17N3O4/c20-15(11-18-16(21)17-10-12-4-3-8-22-12)19-7-9-23-14-6-2-1-5-13(14)19/h1-6,8H,7,9-11H2,(H2,17,18,21). The lowest BCUT2D eigenvalue weighted by Gasteiger charge is -2.29. The van der Waals surface area contributed by atoms with Crippen molar-refractivity contribution in [3.63, 3.8) is 0 Å². The van der Waals surface area contributed by atoms with E-state index in [9.17, 15) is 9.59 Å². The summed E-state index contributed by atoms with van der Waals surface area (Å²) >= 11 is 0. The summed E-state index contributed by atoms with van der Waals surface area (Å²) < 4.78 is 10.6. The molecule has 1 aliphatic heterocycles. The molecule has 1 aromatic heterocycles. The molecular weight excluding hydrogens is 298 g/mol. The van der Waals surface area contributed by atoms with Crippen molar-refractivity contribution in [2.24, 2.45) is 0 Å². The SMILES string of the molecule is O=C(NCC(=O)N1CCOc2ccccc21)NCc1ccco1. The topological polar surface area (TPSA) is 83.8 Å². The molecule has 2 heterocycles. The predicted octanol–water partition coefficient (Wildman–Crippen LogP) is 1.50. The van der Waals surface area contributed by atoms with E-state index in [1.165, 1.54) is 6.26 Å².